The van der Waals surface area contributed by atoms with Crippen LogP contribution in [0.5, 0.6) is 0 Å². The minimum atomic E-state index is -1.97. The van der Waals surface area contributed by atoms with Crippen LogP contribution < -0.4 is 0 Å². The summed E-state index contributed by atoms with van der Waals surface area (Å²) in [5, 5.41) is 47.3. The van der Waals surface area contributed by atoms with Crippen molar-refractivity contribution in [3.8, 4) is 0 Å². The Morgan fingerprint density at radius 1 is 1.08 bits per heavy atom. The number of allylic oxidation sites excluding steroid dienone is 3. The monoisotopic (exact) mass is 500 g/mol. The Hall–Kier alpha value is -1.84. The van der Waals surface area contributed by atoms with Gasteiger partial charge in [0.25, 0.3) is 0 Å². The van der Waals surface area contributed by atoms with Crippen molar-refractivity contribution >= 4 is 11.8 Å². The van der Waals surface area contributed by atoms with E-state index in [1.54, 1.807) is 26.8 Å². The molecule has 0 unspecified atom stereocenters. The zero-order valence-electron chi connectivity index (χ0n) is 21.3. The third-order valence-corrected chi connectivity index (χ3v) is 11.4. The molecule has 6 rings (SSSR count). The fourth-order valence-corrected chi connectivity index (χ4v) is 9.15. The van der Waals surface area contributed by atoms with Crippen LogP contribution in [-0.4, -0.2) is 62.1 Å². The molecule has 8 nitrogen and oxygen atoms in total. The highest BCUT2D eigenvalue weighted by Crippen LogP contribution is 2.73. The van der Waals surface area contributed by atoms with E-state index in [0.29, 0.717) is 29.6 Å². The molecule has 8 heteroatoms. The van der Waals surface area contributed by atoms with Crippen LogP contribution in [0.15, 0.2) is 34.9 Å². The van der Waals surface area contributed by atoms with Crippen molar-refractivity contribution in [2.24, 2.45) is 34.5 Å². The summed E-state index contributed by atoms with van der Waals surface area (Å²) in [4.78, 5) is 25.8. The van der Waals surface area contributed by atoms with Crippen molar-refractivity contribution in [2.75, 3.05) is 6.61 Å². The van der Waals surface area contributed by atoms with E-state index < -0.39 is 46.0 Å². The van der Waals surface area contributed by atoms with Crippen LogP contribution in [0.3, 0.4) is 0 Å². The smallest absolute Gasteiger partial charge is 0.336 e. The summed E-state index contributed by atoms with van der Waals surface area (Å²) in [6, 6.07) is 0. The zero-order valence-corrected chi connectivity index (χ0v) is 21.3. The van der Waals surface area contributed by atoms with E-state index in [1.165, 1.54) is 6.08 Å². The molecule has 36 heavy (non-hydrogen) atoms. The Bertz CT molecular complexity index is 1150. The van der Waals surface area contributed by atoms with Gasteiger partial charge in [-0.1, -0.05) is 24.6 Å². The summed E-state index contributed by atoms with van der Waals surface area (Å²) in [6.45, 7) is 6.87. The summed E-state index contributed by atoms with van der Waals surface area (Å²) in [6.07, 6.45) is 5.62. The van der Waals surface area contributed by atoms with E-state index in [0.717, 1.165) is 0 Å². The van der Waals surface area contributed by atoms with Crippen molar-refractivity contribution < 1.29 is 39.5 Å². The summed E-state index contributed by atoms with van der Waals surface area (Å²) >= 11 is 0. The third kappa shape index (κ3) is 2.62. The molecule has 2 heterocycles. The number of hydrogen-bond donors (Lipinski definition) is 4. The molecule has 1 saturated heterocycles. The second kappa shape index (κ2) is 7.17. The number of hydrogen-bond acceptors (Lipinski definition) is 8. The van der Waals surface area contributed by atoms with E-state index in [1.807, 2.05) is 13.0 Å². The molecule has 4 aliphatic carbocycles. The van der Waals surface area contributed by atoms with E-state index in [4.69, 9.17) is 9.47 Å². The van der Waals surface area contributed by atoms with Gasteiger partial charge in [-0.25, -0.2) is 4.79 Å². The van der Waals surface area contributed by atoms with Gasteiger partial charge in [0.05, 0.1) is 35.1 Å². The summed E-state index contributed by atoms with van der Waals surface area (Å²) in [5.74, 6) is -6.12. The Morgan fingerprint density at radius 2 is 1.81 bits per heavy atom. The van der Waals surface area contributed by atoms with Gasteiger partial charge in [0, 0.05) is 18.4 Å². The second-order valence-corrected chi connectivity index (χ2v) is 12.5. The molecule has 4 N–H and O–H groups in total. The number of ketones is 1. The van der Waals surface area contributed by atoms with Gasteiger partial charge in [-0.3, -0.25) is 4.79 Å². The maximum absolute atomic E-state index is 13.3. The van der Waals surface area contributed by atoms with Crippen LogP contribution in [0, 0.1) is 34.5 Å². The van der Waals surface area contributed by atoms with E-state index in [2.05, 4.69) is 0 Å². The maximum atomic E-state index is 13.3. The lowest BCUT2D eigenvalue weighted by molar-refractivity contribution is -0.415. The van der Waals surface area contributed by atoms with Crippen LogP contribution >= 0.6 is 0 Å². The number of fused-ring (bicyclic) bond motifs is 4. The number of ether oxygens (including phenoxy) is 2. The molecule has 10 atom stereocenters. The largest absolute Gasteiger partial charge is 0.429 e. The number of cyclic esters (lactones) is 1. The second-order valence-electron chi connectivity index (χ2n) is 12.5. The van der Waals surface area contributed by atoms with E-state index in [-0.39, 0.29) is 49.4 Å². The number of carbonyl (C=O) groups is 2. The Morgan fingerprint density at radius 3 is 2.50 bits per heavy atom. The minimum Gasteiger partial charge on any atom is -0.429 e. The Balaban J connectivity index is 1.44. The van der Waals surface area contributed by atoms with Crippen LogP contribution in [0.25, 0.3) is 0 Å². The number of carbonyl (C=O) groups excluding carboxylic acids is 2. The minimum absolute atomic E-state index is 0.0535. The molecule has 4 fully saturated rings. The van der Waals surface area contributed by atoms with Gasteiger partial charge in [-0.2, -0.15) is 0 Å². The number of aliphatic hydroxyl groups excluding tert-OH is 1. The van der Waals surface area contributed by atoms with Gasteiger partial charge in [0.15, 0.2) is 11.6 Å². The van der Waals surface area contributed by atoms with Crippen LogP contribution in [-0.2, 0) is 19.1 Å². The molecule has 0 aromatic carbocycles. The van der Waals surface area contributed by atoms with Crippen molar-refractivity contribution in [2.45, 2.75) is 83.1 Å². The first-order chi connectivity index (χ1) is 16.7. The average molecular weight is 501 g/mol. The first-order valence-corrected chi connectivity index (χ1v) is 13.0. The third-order valence-electron chi connectivity index (χ3n) is 11.4. The van der Waals surface area contributed by atoms with E-state index >= 15 is 0 Å². The predicted molar refractivity (Wildman–Crippen MR) is 127 cm³/mol. The fourth-order valence-electron chi connectivity index (χ4n) is 9.15. The standard InChI is InChI=1S/C28H36O8/c1-14-11-27(33,36-23(31)15(14)2)21-13-35-28(34)12-19-16(17-8-9-26(21,32)25(17,28)4)10-20(29)18-6-5-7-22(30)24(18,19)3/h5-7,16-17,19-21,29,32-34H,8-13H2,1-4H3/t16-,17-,19-,20+,21-,24-,25-,26-,27+,28+/m0/s1. The predicted octanol–water partition coefficient (Wildman–Crippen LogP) is 1.91. The van der Waals surface area contributed by atoms with E-state index in [9.17, 15) is 30.0 Å². The lowest BCUT2D eigenvalue weighted by atomic mass is 9.43. The Kier molecular flexibility index (Phi) is 4.88. The lowest BCUT2D eigenvalue weighted by Gasteiger charge is -2.67. The first kappa shape index (κ1) is 24.5. The van der Waals surface area contributed by atoms with Gasteiger partial charge < -0.3 is 29.9 Å². The number of aliphatic hydroxyl groups is 4. The zero-order chi connectivity index (χ0) is 26.1. The average Bonchev–Trinajstić information content (AvgIpc) is 3.08. The molecule has 0 bridgehead atoms. The van der Waals surface area contributed by atoms with Crippen molar-refractivity contribution in [3.05, 3.63) is 34.9 Å². The van der Waals surface area contributed by atoms with Crippen molar-refractivity contribution in [1.29, 1.82) is 0 Å². The van der Waals surface area contributed by atoms with Gasteiger partial charge in [0.2, 0.25) is 5.79 Å². The Labute approximate surface area is 210 Å². The molecule has 0 amide bonds. The fraction of sp³-hybridized carbons (Fsp3) is 0.714. The molecule has 0 aromatic rings. The summed E-state index contributed by atoms with van der Waals surface area (Å²) < 4.78 is 11.7. The normalized spacial score (nSPS) is 53.9. The molecular weight excluding hydrogens is 464 g/mol. The molecule has 2 aliphatic heterocycles. The molecule has 6 aliphatic rings. The van der Waals surface area contributed by atoms with Crippen molar-refractivity contribution in [3.63, 3.8) is 0 Å². The molecule has 196 valence electrons. The number of rotatable bonds is 1. The highest BCUT2D eigenvalue weighted by Gasteiger charge is 2.79. The highest BCUT2D eigenvalue weighted by atomic mass is 16.7. The lowest BCUT2D eigenvalue weighted by Crippen LogP contribution is -2.76. The SMILES string of the molecule is CC1=C(C)C(=O)O[C@@](O)([C@H]2CO[C@]3(O)C[C@H]4[C@@H](C[C@@H](O)C5=CC=CC(=O)[C@@]54C)[C@@H]4CC[C@@]2(O)[C@]43C)C1. The van der Waals surface area contributed by atoms with Gasteiger partial charge >= 0.3 is 5.97 Å². The van der Waals surface area contributed by atoms with Crippen LogP contribution in [0.2, 0.25) is 0 Å². The van der Waals surface area contributed by atoms with Gasteiger partial charge in [-0.15, -0.1) is 0 Å². The molecule has 3 saturated carbocycles. The number of esters is 1. The molecule has 0 spiro atoms. The quantitative estimate of drug-likeness (QED) is 0.401. The summed E-state index contributed by atoms with van der Waals surface area (Å²) in [7, 11) is 0. The first-order valence-electron chi connectivity index (χ1n) is 13.0. The molecule has 0 radical (unpaired) electrons. The van der Waals surface area contributed by atoms with Crippen LogP contribution in [0.1, 0.15) is 59.8 Å². The topological polar surface area (TPSA) is 134 Å². The molecule has 0 aromatic heterocycles. The van der Waals surface area contributed by atoms with Gasteiger partial charge in [0.1, 0.15) is 0 Å². The maximum Gasteiger partial charge on any atom is 0.336 e. The molecular formula is C28H36O8. The van der Waals surface area contributed by atoms with Crippen LogP contribution in [0.4, 0.5) is 0 Å². The highest BCUT2D eigenvalue weighted by molar-refractivity contribution is 5.99. The summed E-state index contributed by atoms with van der Waals surface area (Å²) in [5.41, 5.74) is -1.96. The van der Waals surface area contributed by atoms with Gasteiger partial charge in [-0.05, 0) is 69.4 Å². The van der Waals surface area contributed by atoms with Crippen molar-refractivity contribution in [1.82, 2.24) is 0 Å².